The molecule has 2 N–H and O–H groups in total. The van der Waals surface area contributed by atoms with Crippen LogP contribution in [-0.4, -0.2) is 54.1 Å². The highest BCUT2D eigenvalue weighted by molar-refractivity contribution is 4.97. The summed E-state index contributed by atoms with van der Waals surface area (Å²) in [6.07, 6.45) is 7.02. The van der Waals surface area contributed by atoms with Crippen molar-refractivity contribution >= 4 is 0 Å². The summed E-state index contributed by atoms with van der Waals surface area (Å²) in [6, 6.07) is 2.10. The van der Waals surface area contributed by atoms with Gasteiger partial charge in [-0.05, 0) is 51.6 Å². The normalized spacial score (nSPS) is 41.6. The third kappa shape index (κ3) is 2.25. The number of fused-ring (bicyclic) bond motifs is 1. The predicted molar refractivity (Wildman–Crippen MR) is 70.9 cm³/mol. The molecule has 0 radical (unpaired) electrons. The van der Waals surface area contributed by atoms with Gasteiger partial charge in [0.05, 0.1) is 0 Å². The van der Waals surface area contributed by atoms with Gasteiger partial charge in [0.15, 0.2) is 0 Å². The van der Waals surface area contributed by atoms with Crippen molar-refractivity contribution < 1.29 is 0 Å². The van der Waals surface area contributed by atoms with Crippen LogP contribution in [-0.2, 0) is 0 Å². The first kappa shape index (κ1) is 11.9. The molecule has 0 aromatic carbocycles. The third-order valence-corrected chi connectivity index (χ3v) is 5.29. The second-order valence-corrected chi connectivity index (χ2v) is 6.36. The third-order valence-electron chi connectivity index (χ3n) is 5.29. The number of hydrogen-bond acceptors (Lipinski definition) is 3. The highest BCUT2D eigenvalue weighted by Gasteiger charge is 2.41. The summed E-state index contributed by atoms with van der Waals surface area (Å²) < 4.78 is 0. The Morgan fingerprint density at radius 2 is 1.71 bits per heavy atom. The molecular weight excluding hydrogens is 210 g/mol. The Morgan fingerprint density at radius 1 is 0.941 bits per heavy atom. The van der Waals surface area contributed by atoms with E-state index in [4.69, 9.17) is 5.73 Å². The Morgan fingerprint density at radius 3 is 2.47 bits per heavy atom. The van der Waals surface area contributed by atoms with Gasteiger partial charge in [0.25, 0.3) is 0 Å². The van der Waals surface area contributed by atoms with E-state index in [2.05, 4.69) is 16.7 Å². The average Bonchev–Trinajstić information content (AvgIpc) is 2.95. The minimum Gasteiger partial charge on any atom is -0.328 e. The first-order valence-electron chi connectivity index (χ1n) is 7.49. The summed E-state index contributed by atoms with van der Waals surface area (Å²) in [5, 5.41) is 0. The molecule has 0 aliphatic carbocycles. The molecule has 3 saturated heterocycles. The molecule has 0 aromatic heterocycles. The van der Waals surface area contributed by atoms with E-state index in [0.717, 1.165) is 18.0 Å². The van der Waals surface area contributed by atoms with Crippen molar-refractivity contribution in [1.29, 1.82) is 0 Å². The van der Waals surface area contributed by atoms with Crippen LogP contribution in [0.2, 0.25) is 0 Å². The van der Waals surface area contributed by atoms with E-state index < -0.39 is 0 Å². The van der Waals surface area contributed by atoms with Crippen LogP contribution in [0.1, 0.15) is 39.0 Å². The van der Waals surface area contributed by atoms with Crippen molar-refractivity contribution in [3.8, 4) is 0 Å². The Labute approximate surface area is 105 Å². The fraction of sp³-hybridized carbons (Fsp3) is 1.00. The summed E-state index contributed by atoms with van der Waals surface area (Å²) >= 11 is 0. The average molecular weight is 237 g/mol. The highest BCUT2D eigenvalue weighted by Crippen LogP contribution is 2.33. The first-order chi connectivity index (χ1) is 8.25. The number of rotatable bonds is 2. The van der Waals surface area contributed by atoms with Crippen LogP contribution in [0.3, 0.4) is 0 Å². The van der Waals surface area contributed by atoms with Gasteiger partial charge in [-0.2, -0.15) is 0 Å². The van der Waals surface area contributed by atoms with E-state index in [0.29, 0.717) is 6.04 Å². The summed E-state index contributed by atoms with van der Waals surface area (Å²) in [7, 11) is 0. The number of likely N-dealkylation sites (tertiary alicyclic amines) is 1. The summed E-state index contributed by atoms with van der Waals surface area (Å²) in [5.74, 6) is 0.743. The number of nitrogens with zero attached hydrogens (tertiary/aromatic N) is 2. The van der Waals surface area contributed by atoms with Crippen LogP contribution in [0.5, 0.6) is 0 Å². The van der Waals surface area contributed by atoms with Gasteiger partial charge in [-0.1, -0.05) is 6.42 Å². The van der Waals surface area contributed by atoms with Crippen LogP contribution in [0, 0.1) is 5.92 Å². The fourth-order valence-corrected chi connectivity index (χ4v) is 4.19. The predicted octanol–water partition coefficient (Wildman–Crippen LogP) is 1.28. The van der Waals surface area contributed by atoms with Crippen LogP contribution >= 0.6 is 0 Å². The van der Waals surface area contributed by atoms with Crippen LogP contribution in [0.25, 0.3) is 0 Å². The van der Waals surface area contributed by atoms with Gasteiger partial charge in [0.2, 0.25) is 0 Å². The number of hydrogen-bond donors (Lipinski definition) is 1. The van der Waals surface area contributed by atoms with Gasteiger partial charge in [-0.15, -0.1) is 0 Å². The van der Waals surface area contributed by atoms with Gasteiger partial charge in [0, 0.05) is 31.2 Å². The maximum absolute atomic E-state index is 6.05. The van der Waals surface area contributed by atoms with E-state index >= 15 is 0 Å². The van der Waals surface area contributed by atoms with Crippen molar-refractivity contribution in [3.05, 3.63) is 0 Å². The Balaban J connectivity index is 1.62. The van der Waals surface area contributed by atoms with E-state index in [1.807, 2.05) is 0 Å². The summed E-state index contributed by atoms with van der Waals surface area (Å²) in [5.41, 5.74) is 6.05. The molecule has 4 atom stereocenters. The molecule has 3 fully saturated rings. The molecule has 3 aliphatic rings. The minimum atomic E-state index is 0.379. The Hall–Kier alpha value is -0.120. The number of nitrogens with two attached hydrogens (primary N) is 1. The molecular formula is C14H27N3. The second kappa shape index (κ2) is 4.87. The Kier molecular flexibility index (Phi) is 3.42. The zero-order chi connectivity index (χ0) is 11.8. The van der Waals surface area contributed by atoms with E-state index in [1.54, 1.807) is 0 Å². The quantitative estimate of drug-likeness (QED) is 0.785. The molecule has 0 saturated carbocycles. The van der Waals surface area contributed by atoms with Crippen molar-refractivity contribution in [2.45, 2.75) is 57.2 Å². The standard InChI is InChI=1S/C14H27N3/c1-11(15)12-5-8-17(10-12)14-6-9-16-7-3-2-4-13(14)16/h11-14H,2-10,15H2,1H3. The lowest BCUT2D eigenvalue weighted by molar-refractivity contribution is 0.127. The molecule has 0 bridgehead atoms. The van der Waals surface area contributed by atoms with Crippen LogP contribution < -0.4 is 5.73 Å². The van der Waals surface area contributed by atoms with Crippen molar-refractivity contribution in [3.63, 3.8) is 0 Å². The lowest BCUT2D eigenvalue weighted by atomic mass is 9.98. The molecule has 0 aromatic rings. The van der Waals surface area contributed by atoms with E-state index in [1.165, 1.54) is 58.3 Å². The van der Waals surface area contributed by atoms with E-state index in [9.17, 15) is 0 Å². The zero-order valence-corrected chi connectivity index (χ0v) is 11.1. The molecule has 3 nitrogen and oxygen atoms in total. The minimum absolute atomic E-state index is 0.379. The van der Waals surface area contributed by atoms with Gasteiger partial charge < -0.3 is 5.73 Å². The van der Waals surface area contributed by atoms with Gasteiger partial charge in [0.1, 0.15) is 0 Å². The molecule has 0 spiro atoms. The van der Waals surface area contributed by atoms with Gasteiger partial charge in [-0.25, -0.2) is 0 Å². The van der Waals surface area contributed by atoms with Crippen molar-refractivity contribution in [2.24, 2.45) is 11.7 Å². The molecule has 3 rings (SSSR count). The molecule has 3 aliphatic heterocycles. The maximum atomic E-state index is 6.05. The molecule has 3 heteroatoms. The highest BCUT2D eigenvalue weighted by atomic mass is 15.3. The van der Waals surface area contributed by atoms with Crippen LogP contribution in [0.4, 0.5) is 0 Å². The molecule has 4 unspecified atom stereocenters. The lowest BCUT2D eigenvalue weighted by Gasteiger charge is -2.36. The second-order valence-electron chi connectivity index (χ2n) is 6.36. The topological polar surface area (TPSA) is 32.5 Å². The van der Waals surface area contributed by atoms with Crippen LogP contribution in [0.15, 0.2) is 0 Å². The number of piperidine rings is 1. The van der Waals surface area contributed by atoms with Gasteiger partial charge >= 0.3 is 0 Å². The molecule has 98 valence electrons. The largest absolute Gasteiger partial charge is 0.328 e. The lowest BCUT2D eigenvalue weighted by Crippen LogP contribution is -2.46. The SMILES string of the molecule is CC(N)C1CCN(C2CCN3CCCCC23)C1. The van der Waals surface area contributed by atoms with Crippen molar-refractivity contribution in [2.75, 3.05) is 26.2 Å². The van der Waals surface area contributed by atoms with Crippen molar-refractivity contribution in [1.82, 2.24) is 9.80 Å². The smallest absolute Gasteiger partial charge is 0.0263 e. The fourth-order valence-electron chi connectivity index (χ4n) is 4.19. The van der Waals surface area contributed by atoms with E-state index in [-0.39, 0.29) is 0 Å². The molecule has 17 heavy (non-hydrogen) atoms. The Bertz CT molecular complexity index is 266. The summed E-state index contributed by atoms with van der Waals surface area (Å²) in [4.78, 5) is 5.50. The summed E-state index contributed by atoms with van der Waals surface area (Å²) in [6.45, 7) is 7.42. The monoisotopic (exact) mass is 237 g/mol. The first-order valence-corrected chi connectivity index (χ1v) is 7.49. The van der Waals surface area contributed by atoms with Gasteiger partial charge in [-0.3, -0.25) is 9.80 Å². The molecule has 0 amide bonds. The molecule has 3 heterocycles. The maximum Gasteiger partial charge on any atom is 0.0263 e. The zero-order valence-electron chi connectivity index (χ0n) is 11.1.